The summed E-state index contributed by atoms with van der Waals surface area (Å²) in [4.78, 5) is 14.0. The summed E-state index contributed by atoms with van der Waals surface area (Å²) in [5.41, 5.74) is 1.25. The van der Waals surface area contributed by atoms with Gasteiger partial charge in [-0.25, -0.2) is 0 Å². The zero-order valence-electron chi connectivity index (χ0n) is 11.8. The van der Waals surface area contributed by atoms with E-state index >= 15 is 0 Å². The first-order valence-corrected chi connectivity index (χ1v) is 7.14. The second-order valence-electron chi connectivity index (χ2n) is 5.27. The SMILES string of the molecule is CCOC(=O)CN(Cc1ccccc1)C(C)C1CC1. The highest BCUT2D eigenvalue weighted by Crippen LogP contribution is 2.35. The summed E-state index contributed by atoms with van der Waals surface area (Å²) < 4.78 is 5.08. The Labute approximate surface area is 115 Å². The lowest BCUT2D eigenvalue weighted by atomic mass is 10.1. The zero-order chi connectivity index (χ0) is 13.7. The van der Waals surface area contributed by atoms with Gasteiger partial charge in [0.05, 0.1) is 13.2 Å². The zero-order valence-corrected chi connectivity index (χ0v) is 11.8. The van der Waals surface area contributed by atoms with Gasteiger partial charge in [0.15, 0.2) is 0 Å². The molecule has 0 spiro atoms. The number of hydrogen-bond donors (Lipinski definition) is 0. The fourth-order valence-corrected chi connectivity index (χ4v) is 2.41. The van der Waals surface area contributed by atoms with Crippen LogP contribution < -0.4 is 0 Å². The highest BCUT2D eigenvalue weighted by Gasteiger charge is 2.32. The molecule has 1 unspecified atom stereocenters. The van der Waals surface area contributed by atoms with E-state index in [1.165, 1.54) is 18.4 Å². The molecule has 1 aromatic carbocycles. The summed E-state index contributed by atoms with van der Waals surface area (Å²) in [6.07, 6.45) is 2.57. The van der Waals surface area contributed by atoms with Crippen molar-refractivity contribution in [3.05, 3.63) is 35.9 Å². The summed E-state index contributed by atoms with van der Waals surface area (Å²) in [6, 6.07) is 10.8. The maximum absolute atomic E-state index is 11.7. The van der Waals surface area contributed by atoms with Gasteiger partial charge in [0.25, 0.3) is 0 Å². The van der Waals surface area contributed by atoms with E-state index in [-0.39, 0.29) is 5.97 Å². The van der Waals surface area contributed by atoms with E-state index in [1.807, 2.05) is 25.1 Å². The molecule has 0 bridgehead atoms. The summed E-state index contributed by atoms with van der Waals surface area (Å²) in [5, 5.41) is 0. The minimum Gasteiger partial charge on any atom is -0.465 e. The molecule has 0 radical (unpaired) electrons. The van der Waals surface area contributed by atoms with Crippen LogP contribution in [0, 0.1) is 5.92 Å². The van der Waals surface area contributed by atoms with E-state index < -0.39 is 0 Å². The number of carbonyl (C=O) groups excluding carboxylic acids is 1. The monoisotopic (exact) mass is 261 g/mol. The third-order valence-electron chi connectivity index (χ3n) is 3.75. The molecule has 3 heteroatoms. The average Bonchev–Trinajstić information content (AvgIpc) is 3.23. The van der Waals surface area contributed by atoms with Crippen LogP contribution in [0.2, 0.25) is 0 Å². The Hall–Kier alpha value is -1.35. The van der Waals surface area contributed by atoms with Crippen LogP contribution in [0.5, 0.6) is 0 Å². The lowest BCUT2D eigenvalue weighted by Gasteiger charge is -2.28. The molecule has 0 saturated heterocycles. The molecule has 0 aromatic heterocycles. The van der Waals surface area contributed by atoms with Gasteiger partial charge in [-0.15, -0.1) is 0 Å². The summed E-state index contributed by atoms with van der Waals surface area (Å²) >= 11 is 0. The minimum absolute atomic E-state index is 0.120. The molecular formula is C16H23NO2. The van der Waals surface area contributed by atoms with Crippen LogP contribution in [0.3, 0.4) is 0 Å². The maximum Gasteiger partial charge on any atom is 0.320 e. The quantitative estimate of drug-likeness (QED) is 0.707. The fraction of sp³-hybridized carbons (Fsp3) is 0.562. The summed E-state index contributed by atoms with van der Waals surface area (Å²) in [5.74, 6) is 0.629. The van der Waals surface area contributed by atoms with Crippen molar-refractivity contribution in [2.75, 3.05) is 13.2 Å². The number of benzene rings is 1. The Bertz CT molecular complexity index is 400. The molecule has 19 heavy (non-hydrogen) atoms. The molecule has 3 nitrogen and oxygen atoms in total. The molecular weight excluding hydrogens is 238 g/mol. The predicted octanol–water partition coefficient (Wildman–Crippen LogP) is 2.85. The van der Waals surface area contributed by atoms with Gasteiger partial charge in [-0.2, -0.15) is 0 Å². The minimum atomic E-state index is -0.120. The van der Waals surface area contributed by atoms with Crippen molar-refractivity contribution in [2.24, 2.45) is 5.92 Å². The standard InChI is InChI=1S/C16H23NO2/c1-3-19-16(18)12-17(13(2)15-9-10-15)11-14-7-5-4-6-8-14/h4-8,13,15H,3,9-12H2,1-2H3. The van der Waals surface area contributed by atoms with Crippen LogP contribution >= 0.6 is 0 Å². The molecule has 1 aliphatic rings. The highest BCUT2D eigenvalue weighted by molar-refractivity contribution is 5.71. The van der Waals surface area contributed by atoms with Crippen LogP contribution in [0.25, 0.3) is 0 Å². The molecule has 2 rings (SSSR count). The number of esters is 1. The first kappa shape index (κ1) is 14.1. The number of rotatable bonds is 7. The highest BCUT2D eigenvalue weighted by atomic mass is 16.5. The molecule has 1 saturated carbocycles. The maximum atomic E-state index is 11.7. The second kappa shape index (κ2) is 6.71. The third kappa shape index (κ3) is 4.35. The molecule has 0 heterocycles. The fourth-order valence-electron chi connectivity index (χ4n) is 2.41. The van der Waals surface area contributed by atoms with Crippen LogP contribution in [0.1, 0.15) is 32.3 Å². The van der Waals surface area contributed by atoms with E-state index in [9.17, 15) is 4.79 Å². The van der Waals surface area contributed by atoms with Gasteiger partial charge in [0.2, 0.25) is 0 Å². The van der Waals surface area contributed by atoms with Crippen molar-refractivity contribution in [2.45, 2.75) is 39.3 Å². The van der Waals surface area contributed by atoms with Crippen LogP contribution in [0.15, 0.2) is 30.3 Å². The van der Waals surface area contributed by atoms with Gasteiger partial charge < -0.3 is 4.74 Å². The number of nitrogens with zero attached hydrogens (tertiary/aromatic N) is 1. The molecule has 1 aliphatic carbocycles. The van der Waals surface area contributed by atoms with Crippen molar-refractivity contribution in [1.82, 2.24) is 4.90 Å². The first-order chi connectivity index (χ1) is 9.20. The topological polar surface area (TPSA) is 29.5 Å². The molecule has 1 aromatic rings. The first-order valence-electron chi connectivity index (χ1n) is 7.14. The molecule has 0 amide bonds. The van der Waals surface area contributed by atoms with Crippen molar-refractivity contribution < 1.29 is 9.53 Å². The Balaban J connectivity index is 1.99. The Morgan fingerprint density at radius 3 is 2.63 bits per heavy atom. The van der Waals surface area contributed by atoms with E-state index in [2.05, 4.69) is 24.0 Å². The van der Waals surface area contributed by atoms with Gasteiger partial charge in [-0.05, 0) is 38.2 Å². The van der Waals surface area contributed by atoms with Crippen molar-refractivity contribution >= 4 is 5.97 Å². The molecule has 0 N–H and O–H groups in total. The Morgan fingerprint density at radius 1 is 1.37 bits per heavy atom. The van der Waals surface area contributed by atoms with Gasteiger partial charge in [-0.1, -0.05) is 30.3 Å². The number of ether oxygens (including phenoxy) is 1. The third-order valence-corrected chi connectivity index (χ3v) is 3.75. The van der Waals surface area contributed by atoms with Crippen molar-refractivity contribution in [1.29, 1.82) is 0 Å². The second-order valence-corrected chi connectivity index (χ2v) is 5.27. The van der Waals surface area contributed by atoms with E-state index in [0.29, 0.717) is 19.2 Å². The summed E-state index contributed by atoms with van der Waals surface area (Å²) in [6.45, 7) is 5.73. The lowest BCUT2D eigenvalue weighted by molar-refractivity contribution is -0.145. The van der Waals surface area contributed by atoms with Crippen molar-refractivity contribution in [3.8, 4) is 0 Å². The van der Waals surface area contributed by atoms with E-state index in [1.54, 1.807) is 0 Å². The normalized spacial score (nSPS) is 16.4. The lowest BCUT2D eigenvalue weighted by Crippen LogP contribution is -2.38. The van der Waals surface area contributed by atoms with Crippen LogP contribution in [0.4, 0.5) is 0 Å². The molecule has 104 valence electrons. The molecule has 0 aliphatic heterocycles. The van der Waals surface area contributed by atoms with Crippen LogP contribution in [-0.4, -0.2) is 30.1 Å². The van der Waals surface area contributed by atoms with Crippen molar-refractivity contribution in [3.63, 3.8) is 0 Å². The van der Waals surface area contributed by atoms with E-state index in [4.69, 9.17) is 4.74 Å². The Kier molecular flexibility index (Phi) is 4.97. The van der Waals surface area contributed by atoms with Gasteiger partial charge >= 0.3 is 5.97 Å². The van der Waals surface area contributed by atoms with Gasteiger partial charge in [0, 0.05) is 12.6 Å². The van der Waals surface area contributed by atoms with Gasteiger partial charge in [-0.3, -0.25) is 9.69 Å². The Morgan fingerprint density at radius 2 is 2.05 bits per heavy atom. The summed E-state index contributed by atoms with van der Waals surface area (Å²) in [7, 11) is 0. The number of carbonyl (C=O) groups is 1. The average molecular weight is 261 g/mol. The van der Waals surface area contributed by atoms with Gasteiger partial charge in [0.1, 0.15) is 0 Å². The smallest absolute Gasteiger partial charge is 0.320 e. The van der Waals surface area contributed by atoms with E-state index in [0.717, 1.165) is 12.5 Å². The molecule has 1 fully saturated rings. The molecule has 1 atom stereocenters. The number of hydrogen-bond acceptors (Lipinski definition) is 3. The predicted molar refractivity (Wildman–Crippen MR) is 75.7 cm³/mol. The largest absolute Gasteiger partial charge is 0.465 e. The van der Waals surface area contributed by atoms with Crippen LogP contribution in [-0.2, 0) is 16.1 Å².